The predicted octanol–water partition coefficient (Wildman–Crippen LogP) is 3.14. The molecule has 1 aliphatic rings. The number of fused-ring (bicyclic) bond motifs is 1. The van der Waals surface area contributed by atoms with Crippen molar-refractivity contribution in [1.82, 2.24) is 19.7 Å². The molecule has 27 heavy (non-hydrogen) atoms. The number of anilines is 2. The van der Waals surface area contributed by atoms with Crippen molar-refractivity contribution in [2.75, 3.05) is 36.0 Å². The summed E-state index contributed by atoms with van der Waals surface area (Å²) in [5, 5.41) is 5.49. The highest BCUT2D eigenvalue weighted by molar-refractivity contribution is 5.91. The van der Waals surface area contributed by atoms with Crippen molar-refractivity contribution in [2.24, 2.45) is 0 Å². The van der Waals surface area contributed by atoms with E-state index in [-0.39, 0.29) is 0 Å². The average Bonchev–Trinajstić information content (AvgIpc) is 3.29. The molecule has 0 atom stereocenters. The zero-order valence-corrected chi connectivity index (χ0v) is 14.9. The maximum absolute atomic E-state index is 4.78. The highest BCUT2D eigenvalue weighted by Gasteiger charge is 2.20. The number of piperazine rings is 1. The molecule has 0 aliphatic carbocycles. The van der Waals surface area contributed by atoms with Crippen molar-refractivity contribution in [2.45, 2.75) is 0 Å². The Kier molecular flexibility index (Phi) is 3.93. The summed E-state index contributed by atoms with van der Waals surface area (Å²) in [6.07, 6.45) is 5.59. The first-order valence-corrected chi connectivity index (χ1v) is 9.19. The van der Waals surface area contributed by atoms with E-state index in [1.807, 2.05) is 36.7 Å². The molecule has 134 valence electrons. The second-order valence-corrected chi connectivity index (χ2v) is 6.63. The molecule has 1 fully saturated rings. The van der Waals surface area contributed by atoms with Crippen LogP contribution in [0.2, 0.25) is 0 Å². The summed E-state index contributed by atoms with van der Waals surface area (Å²) >= 11 is 0. The quantitative estimate of drug-likeness (QED) is 0.564. The Hall–Kier alpha value is -3.41. The fraction of sp³-hybridized carbons (Fsp3) is 0.190. The van der Waals surface area contributed by atoms with Gasteiger partial charge < -0.3 is 9.80 Å². The number of pyridine rings is 2. The van der Waals surface area contributed by atoms with Crippen LogP contribution < -0.4 is 9.80 Å². The number of hydrogen-bond acceptors (Lipinski definition) is 5. The van der Waals surface area contributed by atoms with E-state index in [1.54, 1.807) is 10.9 Å². The van der Waals surface area contributed by atoms with Crippen molar-refractivity contribution in [3.8, 4) is 5.82 Å². The summed E-state index contributed by atoms with van der Waals surface area (Å²) in [7, 11) is 0. The van der Waals surface area contributed by atoms with E-state index in [2.05, 4.69) is 50.2 Å². The molecule has 0 spiro atoms. The van der Waals surface area contributed by atoms with Gasteiger partial charge in [-0.15, -0.1) is 0 Å². The third-order valence-corrected chi connectivity index (χ3v) is 5.03. The second-order valence-electron chi connectivity index (χ2n) is 6.63. The van der Waals surface area contributed by atoms with E-state index >= 15 is 0 Å². The first kappa shape index (κ1) is 15.8. The highest BCUT2D eigenvalue weighted by Crippen LogP contribution is 2.27. The van der Waals surface area contributed by atoms with Gasteiger partial charge in [0.15, 0.2) is 5.82 Å². The molecule has 4 aromatic rings. The third kappa shape index (κ3) is 2.99. The second kappa shape index (κ2) is 6.72. The summed E-state index contributed by atoms with van der Waals surface area (Å²) in [6, 6.07) is 18.5. The molecule has 0 unspecified atom stereocenters. The lowest BCUT2D eigenvalue weighted by Gasteiger charge is -2.37. The lowest BCUT2D eigenvalue weighted by molar-refractivity contribution is 0.647. The van der Waals surface area contributed by atoms with Gasteiger partial charge in [0.25, 0.3) is 0 Å². The minimum absolute atomic E-state index is 0.847. The normalized spacial score (nSPS) is 14.7. The Morgan fingerprint density at radius 2 is 1.52 bits per heavy atom. The van der Waals surface area contributed by atoms with Crippen molar-refractivity contribution in [3.05, 3.63) is 73.2 Å². The summed E-state index contributed by atoms with van der Waals surface area (Å²) in [6.45, 7) is 3.79. The number of nitrogens with zero attached hydrogens (tertiary/aromatic N) is 6. The molecular weight excluding hydrogens is 336 g/mol. The lowest BCUT2D eigenvalue weighted by atomic mass is 10.1. The fourth-order valence-corrected chi connectivity index (χ4v) is 3.65. The standard InChI is InChI=1S/C21H20N6/c1-2-6-18-17(5-1)19(9-11-22-18)25-13-15-26(16-14-25)20-7-3-8-21(24-20)27-12-4-10-23-27/h1-12H,13-16H2. The Balaban J connectivity index is 1.35. The van der Waals surface area contributed by atoms with Crippen LogP contribution in [0, 0.1) is 0 Å². The lowest BCUT2D eigenvalue weighted by Crippen LogP contribution is -2.47. The van der Waals surface area contributed by atoms with Crippen LogP contribution in [0.3, 0.4) is 0 Å². The van der Waals surface area contributed by atoms with Gasteiger partial charge in [-0.05, 0) is 30.3 Å². The van der Waals surface area contributed by atoms with Crippen LogP contribution in [0.5, 0.6) is 0 Å². The smallest absolute Gasteiger partial charge is 0.155 e. The molecule has 6 heteroatoms. The number of rotatable bonds is 3. The maximum Gasteiger partial charge on any atom is 0.155 e. The first-order valence-electron chi connectivity index (χ1n) is 9.19. The van der Waals surface area contributed by atoms with Crippen molar-refractivity contribution in [1.29, 1.82) is 0 Å². The number of benzene rings is 1. The summed E-state index contributed by atoms with van der Waals surface area (Å²) in [5.74, 6) is 1.85. The molecule has 0 bridgehead atoms. The van der Waals surface area contributed by atoms with Crippen LogP contribution in [0.15, 0.2) is 73.2 Å². The van der Waals surface area contributed by atoms with E-state index in [9.17, 15) is 0 Å². The van der Waals surface area contributed by atoms with Gasteiger partial charge in [-0.3, -0.25) is 4.98 Å². The molecule has 1 aromatic carbocycles. The Bertz CT molecular complexity index is 1050. The van der Waals surface area contributed by atoms with Crippen molar-refractivity contribution in [3.63, 3.8) is 0 Å². The molecule has 3 aromatic heterocycles. The first-order chi connectivity index (χ1) is 13.4. The molecule has 0 N–H and O–H groups in total. The third-order valence-electron chi connectivity index (χ3n) is 5.03. The highest BCUT2D eigenvalue weighted by atomic mass is 15.3. The van der Waals surface area contributed by atoms with Gasteiger partial charge >= 0.3 is 0 Å². The largest absolute Gasteiger partial charge is 0.367 e. The van der Waals surface area contributed by atoms with Crippen LogP contribution in [-0.2, 0) is 0 Å². The van der Waals surface area contributed by atoms with Gasteiger partial charge in [0, 0.05) is 55.8 Å². The fourth-order valence-electron chi connectivity index (χ4n) is 3.65. The zero-order valence-electron chi connectivity index (χ0n) is 14.9. The van der Waals surface area contributed by atoms with E-state index in [0.29, 0.717) is 0 Å². The molecular formula is C21H20N6. The summed E-state index contributed by atoms with van der Waals surface area (Å²) < 4.78 is 1.79. The number of para-hydroxylation sites is 1. The molecule has 4 heterocycles. The topological polar surface area (TPSA) is 50.1 Å². The molecule has 0 radical (unpaired) electrons. The average molecular weight is 356 g/mol. The Morgan fingerprint density at radius 3 is 2.37 bits per heavy atom. The van der Waals surface area contributed by atoms with E-state index in [4.69, 9.17) is 4.98 Å². The molecule has 0 saturated carbocycles. The predicted molar refractivity (Wildman–Crippen MR) is 108 cm³/mol. The maximum atomic E-state index is 4.78. The number of aromatic nitrogens is 4. The Morgan fingerprint density at radius 1 is 0.704 bits per heavy atom. The van der Waals surface area contributed by atoms with Gasteiger partial charge in [0.05, 0.1) is 5.52 Å². The number of hydrogen-bond donors (Lipinski definition) is 0. The van der Waals surface area contributed by atoms with Crippen molar-refractivity contribution >= 4 is 22.4 Å². The molecule has 1 saturated heterocycles. The van der Waals surface area contributed by atoms with E-state index in [0.717, 1.165) is 43.3 Å². The van der Waals surface area contributed by atoms with Crippen LogP contribution >= 0.6 is 0 Å². The Labute approximate surface area is 157 Å². The van der Waals surface area contributed by atoms with Gasteiger partial charge in [-0.1, -0.05) is 24.3 Å². The summed E-state index contributed by atoms with van der Waals surface area (Å²) in [5.41, 5.74) is 2.31. The minimum Gasteiger partial charge on any atom is -0.367 e. The van der Waals surface area contributed by atoms with Crippen LogP contribution in [0.25, 0.3) is 16.7 Å². The van der Waals surface area contributed by atoms with Crippen LogP contribution in [0.4, 0.5) is 11.5 Å². The van der Waals surface area contributed by atoms with E-state index in [1.165, 1.54) is 11.1 Å². The molecule has 1 aliphatic heterocycles. The monoisotopic (exact) mass is 356 g/mol. The zero-order chi connectivity index (χ0) is 18.1. The summed E-state index contributed by atoms with van der Waals surface area (Å²) in [4.78, 5) is 14.0. The van der Waals surface area contributed by atoms with E-state index < -0.39 is 0 Å². The van der Waals surface area contributed by atoms with Gasteiger partial charge in [0.1, 0.15) is 5.82 Å². The van der Waals surface area contributed by atoms with Crippen LogP contribution in [-0.4, -0.2) is 45.9 Å². The minimum atomic E-state index is 0.847. The molecule has 6 nitrogen and oxygen atoms in total. The van der Waals surface area contributed by atoms with Gasteiger partial charge in [-0.2, -0.15) is 5.10 Å². The SMILES string of the molecule is c1cc(N2CCN(c3ccnc4ccccc34)CC2)nc(-n2cccn2)c1. The molecule has 5 rings (SSSR count). The van der Waals surface area contributed by atoms with Crippen LogP contribution in [0.1, 0.15) is 0 Å². The van der Waals surface area contributed by atoms with Crippen molar-refractivity contribution < 1.29 is 0 Å². The van der Waals surface area contributed by atoms with Gasteiger partial charge in [0.2, 0.25) is 0 Å². The molecule has 0 amide bonds. The van der Waals surface area contributed by atoms with Gasteiger partial charge in [-0.25, -0.2) is 9.67 Å².